The van der Waals surface area contributed by atoms with Crippen LogP contribution in [-0.4, -0.2) is 0 Å². The van der Waals surface area contributed by atoms with E-state index >= 15 is 0 Å². The van der Waals surface area contributed by atoms with Gasteiger partial charge in [-0.1, -0.05) is 24.8 Å². The minimum Gasteiger partial charge on any atom is -0.269 e. The molecule has 1 aromatic rings. The molecule has 0 amide bonds. The molecule has 0 aliphatic rings. The maximum atomic E-state index is 8.40. The monoisotopic (exact) mass is 250 g/mol. The molecule has 0 saturated carbocycles. The fourth-order valence-electron chi connectivity index (χ4n) is 0.559. The maximum Gasteiger partial charge on any atom is 0.101 e. The Bertz CT molecular complexity index is 266. The van der Waals surface area contributed by atoms with E-state index in [2.05, 4.69) is 0 Å². The van der Waals surface area contributed by atoms with Crippen molar-refractivity contribution >= 4 is 25.0 Å². The average molecular weight is 251 g/mol. The second-order valence-corrected chi connectivity index (χ2v) is 2.05. The lowest BCUT2D eigenvalue weighted by Gasteiger charge is -1.88. The van der Waals surface area contributed by atoms with Crippen molar-refractivity contribution in [3.05, 3.63) is 29.8 Å². The molecule has 0 fully saturated rings. The second kappa shape index (κ2) is 14.5. The molecule has 83 valence electrons. The number of benzene rings is 1. The fourth-order valence-corrected chi connectivity index (χ4v) is 0.751. The van der Waals surface area contributed by atoms with E-state index in [4.69, 9.17) is 17.9 Å². The van der Waals surface area contributed by atoms with Crippen LogP contribution in [0.4, 0.5) is 18.8 Å². The zero-order valence-electron chi connectivity index (χ0n) is 6.71. The Kier molecular flexibility index (Phi) is 30.2. The van der Waals surface area contributed by atoms with Gasteiger partial charge in [0, 0.05) is 0 Å². The third kappa shape index (κ3) is 7.58. The van der Waals surface area contributed by atoms with Crippen molar-refractivity contribution < 1.29 is 18.8 Å². The van der Waals surface area contributed by atoms with Crippen LogP contribution in [0.2, 0.25) is 0 Å². The van der Waals surface area contributed by atoms with Crippen molar-refractivity contribution in [2.75, 3.05) is 0 Å². The van der Waals surface area contributed by atoms with E-state index in [1.54, 1.807) is 18.2 Å². The zero-order chi connectivity index (χ0) is 6.69. The molecule has 0 atom stereocenters. The van der Waals surface area contributed by atoms with Crippen LogP contribution in [-0.2, 0) is 0 Å². The Morgan fingerprint density at radius 2 is 1.43 bits per heavy atom. The zero-order valence-corrected chi connectivity index (χ0v) is 8.34. The quantitative estimate of drug-likeness (QED) is 0.649. The Labute approximate surface area is 90.4 Å². The summed E-state index contributed by atoms with van der Waals surface area (Å²) in [7, 11) is 0. The van der Waals surface area contributed by atoms with E-state index in [9.17, 15) is 0 Å². The van der Waals surface area contributed by atoms with Gasteiger partial charge >= 0.3 is 0 Å². The first-order valence-corrected chi connectivity index (χ1v) is 2.91. The van der Waals surface area contributed by atoms with Gasteiger partial charge in [0.2, 0.25) is 0 Å². The van der Waals surface area contributed by atoms with E-state index < -0.39 is 0 Å². The van der Waals surface area contributed by atoms with Crippen molar-refractivity contribution in [2.45, 2.75) is 4.90 Å². The third-order valence-electron chi connectivity index (χ3n) is 1.01. The normalized spacial score (nSPS) is 5.36. The van der Waals surface area contributed by atoms with E-state index in [1.807, 2.05) is 12.1 Å². The molecular weight excluding hydrogens is 242 g/mol. The van der Waals surface area contributed by atoms with Crippen molar-refractivity contribution in [2.24, 2.45) is 0 Å². The van der Waals surface area contributed by atoms with Crippen LogP contribution >= 0.6 is 25.0 Å². The second-order valence-electron chi connectivity index (χ2n) is 1.61. The lowest BCUT2D eigenvalue weighted by molar-refractivity contribution is 1.11. The summed E-state index contributed by atoms with van der Waals surface area (Å²) in [6.45, 7) is 0. The van der Waals surface area contributed by atoms with Crippen LogP contribution < -0.4 is 0 Å². The standard InChI is InChI=1S/C7H4NS.ClH.4FH/c8-5-6-3-1-2-4-7(6)9;;;;;/h1-4H;5*1H. The Morgan fingerprint density at radius 1 is 1.00 bits per heavy atom. The molecule has 1 nitrogen and oxygen atoms in total. The molecule has 14 heavy (non-hydrogen) atoms. The molecule has 0 spiro atoms. The number of rotatable bonds is 0. The highest BCUT2D eigenvalue weighted by atomic mass is 35.5. The van der Waals surface area contributed by atoms with Gasteiger partial charge < -0.3 is 0 Å². The van der Waals surface area contributed by atoms with Gasteiger partial charge in [0.05, 0.1) is 10.5 Å². The summed E-state index contributed by atoms with van der Waals surface area (Å²) in [6, 6.07) is 9.07. The third-order valence-corrected chi connectivity index (χ3v) is 1.36. The van der Waals surface area contributed by atoms with E-state index in [0.717, 1.165) is 0 Å². The van der Waals surface area contributed by atoms with Crippen LogP contribution in [0.1, 0.15) is 5.56 Å². The van der Waals surface area contributed by atoms with Gasteiger partial charge in [-0.2, -0.15) is 5.26 Å². The van der Waals surface area contributed by atoms with E-state index in [1.165, 1.54) is 0 Å². The molecule has 0 saturated heterocycles. The van der Waals surface area contributed by atoms with Gasteiger partial charge in [-0.25, -0.2) is 0 Å². The predicted molar refractivity (Wildman–Crippen MR) is 54.3 cm³/mol. The topological polar surface area (TPSA) is 23.8 Å². The first-order valence-electron chi connectivity index (χ1n) is 2.51. The summed E-state index contributed by atoms with van der Waals surface area (Å²) >= 11 is 4.83. The molecule has 1 aromatic carbocycles. The predicted octanol–water partition coefficient (Wildman–Crippen LogP) is 3.15. The maximum absolute atomic E-state index is 8.40. The molecule has 1 radical (unpaired) electrons. The summed E-state index contributed by atoms with van der Waals surface area (Å²) in [5, 5.41) is 8.40. The minimum absolute atomic E-state index is 0. The van der Waals surface area contributed by atoms with E-state index in [0.29, 0.717) is 10.5 Å². The van der Waals surface area contributed by atoms with Gasteiger partial charge in [0.25, 0.3) is 0 Å². The molecule has 0 heterocycles. The molecule has 0 unspecified atom stereocenters. The summed E-state index contributed by atoms with van der Waals surface area (Å²) in [4.78, 5) is 0.625. The molecule has 0 aliphatic heterocycles. The summed E-state index contributed by atoms with van der Waals surface area (Å²) < 4.78 is 0. The number of hydrogen-bond acceptors (Lipinski definition) is 1. The van der Waals surface area contributed by atoms with Crippen molar-refractivity contribution in [3.63, 3.8) is 0 Å². The smallest absolute Gasteiger partial charge is 0.101 e. The van der Waals surface area contributed by atoms with Gasteiger partial charge in [-0.15, -0.1) is 12.4 Å². The van der Waals surface area contributed by atoms with Crippen LogP contribution in [0.5, 0.6) is 0 Å². The summed E-state index contributed by atoms with van der Waals surface area (Å²) in [5.41, 5.74) is 0.576. The first-order chi connectivity index (χ1) is 4.34. The van der Waals surface area contributed by atoms with Gasteiger partial charge in [-0.05, 0) is 12.1 Å². The fraction of sp³-hybridized carbons (Fsp3) is 0. The molecule has 7 heteroatoms. The minimum atomic E-state index is 0. The Morgan fingerprint density at radius 3 is 1.71 bits per heavy atom. The summed E-state index contributed by atoms with van der Waals surface area (Å²) in [6.07, 6.45) is 0. The molecule has 1 rings (SSSR count). The molecular formula is C7H9ClF4NS. The SMILES string of the molecule is Cl.F.F.F.F.N#Cc1ccccc1[S]. The van der Waals surface area contributed by atoms with Crippen LogP contribution in [0, 0.1) is 11.3 Å². The Hall–Kier alpha value is -1.06. The van der Waals surface area contributed by atoms with Gasteiger partial charge in [-0.3, -0.25) is 18.8 Å². The van der Waals surface area contributed by atoms with Gasteiger partial charge in [0.1, 0.15) is 6.07 Å². The van der Waals surface area contributed by atoms with E-state index in [-0.39, 0.29) is 31.2 Å². The number of nitrogens with zero attached hydrogens (tertiary/aromatic N) is 1. The highest BCUT2D eigenvalue weighted by Gasteiger charge is 1.92. The number of hydrogen-bond donors (Lipinski definition) is 0. The Balaban J connectivity index is -0.0000000540. The van der Waals surface area contributed by atoms with Crippen molar-refractivity contribution in [3.8, 4) is 6.07 Å². The van der Waals surface area contributed by atoms with Crippen LogP contribution in [0.25, 0.3) is 0 Å². The highest BCUT2D eigenvalue weighted by Crippen LogP contribution is 2.10. The highest BCUT2D eigenvalue weighted by molar-refractivity contribution is 7.80. The molecule has 0 aromatic heterocycles. The first kappa shape index (κ1) is 29.3. The summed E-state index contributed by atoms with van der Waals surface area (Å²) in [5.74, 6) is 0. The molecule has 0 aliphatic carbocycles. The molecule has 0 N–H and O–H groups in total. The lowest BCUT2D eigenvalue weighted by atomic mass is 10.2. The van der Waals surface area contributed by atoms with Crippen molar-refractivity contribution in [1.82, 2.24) is 0 Å². The van der Waals surface area contributed by atoms with Crippen LogP contribution in [0.15, 0.2) is 29.2 Å². The molecule has 0 bridgehead atoms. The van der Waals surface area contributed by atoms with Crippen molar-refractivity contribution in [1.29, 1.82) is 5.26 Å². The average Bonchev–Trinajstić information content (AvgIpc) is 1.89. The number of halogens is 5. The van der Waals surface area contributed by atoms with Crippen LogP contribution in [0.3, 0.4) is 0 Å². The van der Waals surface area contributed by atoms with Gasteiger partial charge in [0.15, 0.2) is 0 Å². The number of nitriles is 1. The lowest BCUT2D eigenvalue weighted by Crippen LogP contribution is -1.73. The largest absolute Gasteiger partial charge is 0.269 e.